The number of benzene rings is 3. The Labute approximate surface area is 176 Å². The number of halogens is 2. The highest BCUT2D eigenvalue weighted by Crippen LogP contribution is 2.19. The second-order valence-corrected chi connectivity index (χ2v) is 6.99. The van der Waals surface area contributed by atoms with Gasteiger partial charge in [0, 0.05) is 28.9 Å². The van der Waals surface area contributed by atoms with Crippen LogP contribution in [0.4, 0.5) is 14.5 Å². The number of methoxy groups -OCH3 is 1. The van der Waals surface area contributed by atoms with Crippen LogP contribution in [-0.4, -0.2) is 17.6 Å². The molecule has 0 aliphatic heterocycles. The van der Waals surface area contributed by atoms with Gasteiger partial charge in [0.25, 0.3) is 11.5 Å². The summed E-state index contributed by atoms with van der Waals surface area (Å²) in [5.41, 5.74) is 0.997. The van der Waals surface area contributed by atoms with Crippen LogP contribution in [0, 0.1) is 11.6 Å². The number of hydrogen-bond acceptors (Lipinski definition) is 3. The molecule has 31 heavy (non-hydrogen) atoms. The van der Waals surface area contributed by atoms with Gasteiger partial charge in [-0.3, -0.25) is 9.59 Å². The minimum absolute atomic E-state index is 0.0756. The van der Waals surface area contributed by atoms with E-state index in [4.69, 9.17) is 4.74 Å². The first-order valence-corrected chi connectivity index (χ1v) is 9.47. The van der Waals surface area contributed by atoms with Gasteiger partial charge in [0.15, 0.2) is 11.6 Å². The number of carbonyl (C=O) groups excluding carboxylic acids is 1. The smallest absolute Gasteiger partial charge is 0.258 e. The van der Waals surface area contributed by atoms with Crippen LogP contribution in [0.3, 0.4) is 0 Å². The summed E-state index contributed by atoms with van der Waals surface area (Å²) in [6.07, 6.45) is 1.59. The van der Waals surface area contributed by atoms with Crippen molar-refractivity contribution in [3.05, 3.63) is 106 Å². The van der Waals surface area contributed by atoms with Crippen molar-refractivity contribution < 1.29 is 18.3 Å². The number of fused-ring (bicyclic) bond motifs is 1. The van der Waals surface area contributed by atoms with E-state index < -0.39 is 11.6 Å². The molecule has 4 rings (SSSR count). The van der Waals surface area contributed by atoms with Crippen molar-refractivity contribution in [3.8, 4) is 5.75 Å². The van der Waals surface area contributed by atoms with Gasteiger partial charge in [-0.1, -0.05) is 18.2 Å². The van der Waals surface area contributed by atoms with E-state index in [2.05, 4.69) is 5.32 Å². The zero-order chi connectivity index (χ0) is 22.0. The van der Waals surface area contributed by atoms with Crippen LogP contribution in [0.2, 0.25) is 0 Å². The molecule has 0 bridgehead atoms. The Hall–Kier alpha value is -4.00. The topological polar surface area (TPSA) is 60.3 Å². The molecule has 0 aliphatic carbocycles. The van der Waals surface area contributed by atoms with Gasteiger partial charge in [0.05, 0.1) is 13.7 Å². The standard InChI is InChI=1S/C24H18F2N2O3/c1-31-19-4-2-3-18(13-19)27-23(29)17-7-6-16-9-10-28(24(30)20(16)12-17)14-15-5-8-21(25)22(26)11-15/h2-13H,14H2,1H3,(H,27,29). The molecular weight excluding hydrogens is 402 g/mol. The van der Waals surface area contributed by atoms with E-state index in [-0.39, 0.29) is 18.0 Å². The van der Waals surface area contributed by atoms with E-state index in [0.29, 0.717) is 33.3 Å². The zero-order valence-electron chi connectivity index (χ0n) is 16.6. The van der Waals surface area contributed by atoms with Gasteiger partial charge in [-0.05, 0) is 53.4 Å². The molecule has 1 aromatic heterocycles. The second-order valence-electron chi connectivity index (χ2n) is 6.99. The number of anilines is 1. The van der Waals surface area contributed by atoms with Gasteiger partial charge in [-0.15, -0.1) is 0 Å². The lowest BCUT2D eigenvalue weighted by atomic mass is 10.1. The van der Waals surface area contributed by atoms with Crippen LogP contribution in [-0.2, 0) is 6.54 Å². The van der Waals surface area contributed by atoms with Crippen LogP contribution in [0.15, 0.2) is 77.7 Å². The quantitative estimate of drug-likeness (QED) is 0.514. The van der Waals surface area contributed by atoms with E-state index in [9.17, 15) is 18.4 Å². The van der Waals surface area contributed by atoms with E-state index in [0.717, 1.165) is 12.1 Å². The monoisotopic (exact) mass is 420 g/mol. The average Bonchev–Trinajstić information content (AvgIpc) is 2.78. The number of ether oxygens (including phenoxy) is 1. The van der Waals surface area contributed by atoms with E-state index >= 15 is 0 Å². The first-order valence-electron chi connectivity index (χ1n) is 9.47. The summed E-state index contributed by atoms with van der Waals surface area (Å²) in [5, 5.41) is 3.80. The summed E-state index contributed by atoms with van der Waals surface area (Å²) in [4.78, 5) is 25.6. The highest BCUT2D eigenvalue weighted by molar-refractivity contribution is 6.06. The summed E-state index contributed by atoms with van der Waals surface area (Å²) in [6.45, 7) is 0.0756. The molecular formula is C24H18F2N2O3. The van der Waals surface area contributed by atoms with Crippen molar-refractivity contribution in [1.29, 1.82) is 0 Å². The Morgan fingerprint density at radius 2 is 1.84 bits per heavy atom. The van der Waals surface area contributed by atoms with Crippen LogP contribution in [0.1, 0.15) is 15.9 Å². The molecule has 156 valence electrons. The van der Waals surface area contributed by atoms with Gasteiger partial charge >= 0.3 is 0 Å². The predicted octanol–water partition coefficient (Wildman–Crippen LogP) is 4.59. The minimum atomic E-state index is -0.970. The lowest BCUT2D eigenvalue weighted by molar-refractivity contribution is 0.102. The SMILES string of the molecule is COc1cccc(NC(=O)c2ccc3ccn(Cc4ccc(F)c(F)c4)c(=O)c3c2)c1. The normalized spacial score (nSPS) is 10.8. The molecule has 0 fully saturated rings. The summed E-state index contributed by atoms with van der Waals surface area (Å²) in [6, 6.07) is 17.0. The highest BCUT2D eigenvalue weighted by Gasteiger charge is 2.11. The van der Waals surface area contributed by atoms with Crippen molar-refractivity contribution in [3.63, 3.8) is 0 Å². The van der Waals surface area contributed by atoms with Crippen LogP contribution in [0.25, 0.3) is 10.8 Å². The second kappa shape index (κ2) is 8.39. The molecule has 0 saturated heterocycles. The molecule has 0 unspecified atom stereocenters. The molecule has 4 aromatic rings. The largest absolute Gasteiger partial charge is 0.497 e. The highest BCUT2D eigenvalue weighted by atomic mass is 19.2. The molecule has 0 saturated carbocycles. The first kappa shape index (κ1) is 20.3. The number of rotatable bonds is 5. The maximum Gasteiger partial charge on any atom is 0.258 e. The number of hydrogen-bond donors (Lipinski definition) is 1. The van der Waals surface area contributed by atoms with Crippen molar-refractivity contribution in [2.75, 3.05) is 12.4 Å². The van der Waals surface area contributed by atoms with Crippen molar-refractivity contribution in [2.45, 2.75) is 6.54 Å². The van der Waals surface area contributed by atoms with E-state index in [1.165, 1.54) is 23.8 Å². The fraction of sp³-hybridized carbons (Fsp3) is 0.0833. The number of pyridine rings is 1. The Morgan fingerprint density at radius 1 is 1.00 bits per heavy atom. The van der Waals surface area contributed by atoms with E-state index in [1.54, 1.807) is 48.7 Å². The maximum atomic E-state index is 13.5. The number of aromatic nitrogens is 1. The molecule has 0 radical (unpaired) electrons. The molecule has 1 N–H and O–H groups in total. The number of carbonyl (C=O) groups is 1. The van der Waals surface area contributed by atoms with Gasteiger partial charge in [0.2, 0.25) is 0 Å². The van der Waals surface area contributed by atoms with Gasteiger partial charge in [-0.25, -0.2) is 8.78 Å². The minimum Gasteiger partial charge on any atom is -0.497 e. The third-order valence-electron chi connectivity index (χ3n) is 4.91. The van der Waals surface area contributed by atoms with Crippen LogP contribution >= 0.6 is 0 Å². The molecule has 0 spiro atoms. The van der Waals surface area contributed by atoms with Gasteiger partial charge in [0.1, 0.15) is 5.75 Å². The lowest BCUT2D eigenvalue weighted by Gasteiger charge is -2.10. The third-order valence-corrected chi connectivity index (χ3v) is 4.91. The van der Waals surface area contributed by atoms with Crippen LogP contribution < -0.4 is 15.6 Å². The first-order chi connectivity index (χ1) is 14.9. The predicted molar refractivity (Wildman–Crippen MR) is 115 cm³/mol. The molecule has 1 amide bonds. The molecule has 0 atom stereocenters. The maximum absolute atomic E-state index is 13.5. The average molecular weight is 420 g/mol. The third kappa shape index (κ3) is 4.30. The lowest BCUT2D eigenvalue weighted by Crippen LogP contribution is -2.21. The number of nitrogens with zero attached hydrogens (tertiary/aromatic N) is 1. The molecule has 0 aliphatic rings. The van der Waals surface area contributed by atoms with Crippen molar-refractivity contribution in [1.82, 2.24) is 4.57 Å². The summed E-state index contributed by atoms with van der Waals surface area (Å²) in [5.74, 6) is -1.67. The summed E-state index contributed by atoms with van der Waals surface area (Å²) >= 11 is 0. The molecule has 7 heteroatoms. The summed E-state index contributed by atoms with van der Waals surface area (Å²) in [7, 11) is 1.54. The fourth-order valence-corrected chi connectivity index (χ4v) is 3.28. The molecule has 3 aromatic carbocycles. The number of nitrogens with one attached hydrogen (secondary N) is 1. The number of amides is 1. The summed E-state index contributed by atoms with van der Waals surface area (Å²) < 4.78 is 33.2. The van der Waals surface area contributed by atoms with Gasteiger partial charge in [-0.2, -0.15) is 0 Å². The zero-order valence-corrected chi connectivity index (χ0v) is 16.6. The Bertz CT molecular complexity index is 1350. The van der Waals surface area contributed by atoms with Gasteiger partial charge < -0.3 is 14.6 Å². The van der Waals surface area contributed by atoms with Crippen molar-refractivity contribution in [2.24, 2.45) is 0 Å². The Morgan fingerprint density at radius 3 is 2.61 bits per heavy atom. The molecule has 1 heterocycles. The van der Waals surface area contributed by atoms with Crippen molar-refractivity contribution >= 4 is 22.4 Å². The fourth-order valence-electron chi connectivity index (χ4n) is 3.28. The Balaban J connectivity index is 1.64. The molecule has 5 nitrogen and oxygen atoms in total. The Kier molecular flexibility index (Phi) is 5.49. The van der Waals surface area contributed by atoms with Crippen LogP contribution in [0.5, 0.6) is 5.75 Å². The van der Waals surface area contributed by atoms with E-state index in [1.807, 2.05) is 0 Å².